The van der Waals surface area contributed by atoms with Gasteiger partial charge in [-0.25, -0.2) is 0 Å². The van der Waals surface area contributed by atoms with Crippen molar-refractivity contribution >= 4 is 0 Å². The highest BCUT2D eigenvalue weighted by molar-refractivity contribution is 5.69. The van der Waals surface area contributed by atoms with Crippen molar-refractivity contribution in [1.29, 1.82) is 0 Å². The summed E-state index contributed by atoms with van der Waals surface area (Å²) in [4.78, 5) is 0. The van der Waals surface area contributed by atoms with Gasteiger partial charge in [0.2, 0.25) is 0 Å². The van der Waals surface area contributed by atoms with Crippen molar-refractivity contribution in [3.8, 4) is 22.6 Å². The van der Waals surface area contributed by atoms with Crippen LogP contribution in [-0.4, -0.2) is 19.3 Å². The van der Waals surface area contributed by atoms with Gasteiger partial charge in [-0.1, -0.05) is 6.07 Å². The molecule has 2 aliphatic rings. The number of hydrogen-bond donors (Lipinski definition) is 1. The summed E-state index contributed by atoms with van der Waals surface area (Å²) in [6, 6.07) is 8.73. The molecule has 0 amide bonds. The van der Waals surface area contributed by atoms with E-state index in [9.17, 15) is 0 Å². The van der Waals surface area contributed by atoms with E-state index < -0.39 is 0 Å². The van der Waals surface area contributed by atoms with E-state index >= 15 is 0 Å². The van der Waals surface area contributed by atoms with E-state index in [0.717, 1.165) is 34.9 Å². The molecule has 1 aliphatic heterocycles. The Hall–Kier alpha value is -1.94. The van der Waals surface area contributed by atoms with Crippen molar-refractivity contribution in [2.24, 2.45) is 0 Å². The Balaban J connectivity index is 1.61. The molecular formula is C16H17NO3. The quantitative estimate of drug-likeness (QED) is 0.928. The van der Waals surface area contributed by atoms with Crippen molar-refractivity contribution < 1.29 is 13.9 Å². The van der Waals surface area contributed by atoms with Crippen LogP contribution >= 0.6 is 0 Å². The number of rotatable bonds is 4. The number of nitrogens with one attached hydrogen (secondary N) is 1. The van der Waals surface area contributed by atoms with Gasteiger partial charge in [-0.2, -0.15) is 0 Å². The van der Waals surface area contributed by atoms with Crippen LogP contribution in [0.5, 0.6) is 11.5 Å². The Kier molecular flexibility index (Phi) is 2.89. The van der Waals surface area contributed by atoms with Gasteiger partial charge in [0, 0.05) is 11.6 Å². The fourth-order valence-corrected chi connectivity index (χ4v) is 2.47. The maximum Gasteiger partial charge on any atom is 0.161 e. The first-order chi connectivity index (χ1) is 9.90. The van der Waals surface area contributed by atoms with E-state index in [4.69, 9.17) is 13.9 Å². The van der Waals surface area contributed by atoms with Crippen LogP contribution in [0, 0.1) is 0 Å². The summed E-state index contributed by atoms with van der Waals surface area (Å²) in [6.45, 7) is 2.01. The number of hydrogen-bond acceptors (Lipinski definition) is 4. The van der Waals surface area contributed by atoms with Crippen molar-refractivity contribution in [3.05, 3.63) is 36.3 Å². The highest BCUT2D eigenvalue weighted by Gasteiger charge is 2.22. The highest BCUT2D eigenvalue weighted by atomic mass is 16.6. The van der Waals surface area contributed by atoms with Crippen LogP contribution < -0.4 is 14.8 Å². The fourth-order valence-electron chi connectivity index (χ4n) is 2.47. The molecule has 2 aromatic rings. The lowest BCUT2D eigenvalue weighted by atomic mass is 10.1. The van der Waals surface area contributed by atoms with Gasteiger partial charge in [-0.05, 0) is 36.6 Å². The Labute approximate surface area is 117 Å². The van der Waals surface area contributed by atoms with Gasteiger partial charge >= 0.3 is 0 Å². The van der Waals surface area contributed by atoms with Crippen LogP contribution in [0.25, 0.3) is 11.1 Å². The third kappa shape index (κ3) is 2.27. The molecule has 1 saturated carbocycles. The highest BCUT2D eigenvalue weighted by Crippen LogP contribution is 2.36. The first kappa shape index (κ1) is 11.9. The maximum atomic E-state index is 5.64. The Morgan fingerprint density at radius 2 is 1.90 bits per heavy atom. The largest absolute Gasteiger partial charge is 0.486 e. The summed E-state index contributed by atoms with van der Waals surface area (Å²) in [5.41, 5.74) is 2.23. The van der Waals surface area contributed by atoms with Crippen molar-refractivity contribution in [1.82, 2.24) is 5.32 Å². The van der Waals surface area contributed by atoms with Gasteiger partial charge in [0.15, 0.2) is 11.5 Å². The van der Waals surface area contributed by atoms with Crippen LogP contribution in [0.15, 0.2) is 34.9 Å². The van der Waals surface area contributed by atoms with Gasteiger partial charge in [0.05, 0.1) is 12.8 Å². The molecule has 4 rings (SSSR count). The summed E-state index contributed by atoms with van der Waals surface area (Å²) < 4.78 is 16.8. The van der Waals surface area contributed by atoms with Crippen LogP contribution in [0.1, 0.15) is 18.6 Å². The molecule has 104 valence electrons. The summed E-state index contributed by atoms with van der Waals surface area (Å²) in [6.07, 6.45) is 4.30. The van der Waals surface area contributed by atoms with E-state index in [2.05, 4.69) is 11.4 Å². The third-order valence-corrected chi connectivity index (χ3v) is 3.73. The molecule has 4 nitrogen and oxygen atoms in total. The average molecular weight is 271 g/mol. The maximum absolute atomic E-state index is 5.64. The second-order valence-electron chi connectivity index (χ2n) is 5.27. The fraction of sp³-hybridized carbons (Fsp3) is 0.375. The minimum absolute atomic E-state index is 0.609. The third-order valence-electron chi connectivity index (χ3n) is 3.73. The lowest BCUT2D eigenvalue weighted by Gasteiger charge is -2.18. The minimum atomic E-state index is 0.609. The zero-order valence-electron chi connectivity index (χ0n) is 11.2. The Morgan fingerprint density at radius 3 is 2.75 bits per heavy atom. The molecule has 0 bridgehead atoms. The van der Waals surface area contributed by atoms with Gasteiger partial charge in [-0.15, -0.1) is 0 Å². The van der Waals surface area contributed by atoms with E-state index in [-0.39, 0.29) is 0 Å². The molecule has 1 aromatic heterocycles. The first-order valence-corrected chi connectivity index (χ1v) is 7.10. The summed E-state index contributed by atoms with van der Waals surface area (Å²) in [5.74, 6) is 2.62. The topological polar surface area (TPSA) is 43.6 Å². The molecule has 2 heterocycles. The lowest BCUT2D eigenvalue weighted by molar-refractivity contribution is 0.171. The number of furan rings is 1. The van der Waals surface area contributed by atoms with Crippen molar-refractivity contribution in [2.45, 2.75) is 25.4 Å². The Bertz CT molecular complexity index is 616. The Morgan fingerprint density at radius 1 is 1.05 bits per heavy atom. The number of ether oxygens (including phenoxy) is 2. The lowest BCUT2D eigenvalue weighted by Crippen LogP contribution is -2.16. The van der Waals surface area contributed by atoms with Gasteiger partial charge in [-0.3, -0.25) is 0 Å². The van der Waals surface area contributed by atoms with E-state index in [0.29, 0.717) is 19.3 Å². The van der Waals surface area contributed by atoms with E-state index in [1.807, 2.05) is 18.2 Å². The summed E-state index contributed by atoms with van der Waals surface area (Å²) in [7, 11) is 0. The zero-order chi connectivity index (χ0) is 13.4. The number of fused-ring (bicyclic) bond motifs is 1. The van der Waals surface area contributed by atoms with Crippen LogP contribution in [0.4, 0.5) is 0 Å². The van der Waals surface area contributed by atoms with Gasteiger partial charge < -0.3 is 19.2 Å². The molecule has 1 fully saturated rings. The second kappa shape index (κ2) is 4.87. The second-order valence-corrected chi connectivity index (χ2v) is 5.27. The van der Waals surface area contributed by atoms with Crippen molar-refractivity contribution in [3.63, 3.8) is 0 Å². The van der Waals surface area contributed by atoms with E-state index in [1.165, 1.54) is 12.8 Å². The zero-order valence-corrected chi connectivity index (χ0v) is 11.2. The normalized spacial score (nSPS) is 17.2. The first-order valence-electron chi connectivity index (χ1n) is 7.10. The summed E-state index contributed by atoms with van der Waals surface area (Å²) in [5, 5.41) is 3.48. The predicted octanol–water partition coefficient (Wildman–Crippen LogP) is 2.97. The van der Waals surface area contributed by atoms with Crippen LogP contribution in [0.3, 0.4) is 0 Å². The molecule has 0 saturated heterocycles. The predicted molar refractivity (Wildman–Crippen MR) is 75.0 cm³/mol. The summed E-state index contributed by atoms with van der Waals surface area (Å²) >= 11 is 0. The molecule has 1 aliphatic carbocycles. The standard InChI is InChI=1S/C16H17NO3/c1-4-14-15(20-8-7-19-14)9-11(1)13-5-6-18-16(13)10-17-12-2-3-12/h1,4-6,9,12,17H,2-3,7-8,10H2. The average Bonchev–Trinajstić information content (AvgIpc) is 3.21. The smallest absolute Gasteiger partial charge is 0.161 e. The molecular weight excluding hydrogens is 254 g/mol. The van der Waals surface area contributed by atoms with E-state index in [1.54, 1.807) is 6.26 Å². The molecule has 0 atom stereocenters. The molecule has 0 radical (unpaired) electrons. The number of benzene rings is 1. The minimum Gasteiger partial charge on any atom is -0.486 e. The van der Waals surface area contributed by atoms with Crippen molar-refractivity contribution in [2.75, 3.05) is 13.2 Å². The monoisotopic (exact) mass is 271 g/mol. The van der Waals surface area contributed by atoms with Crippen LogP contribution in [0.2, 0.25) is 0 Å². The van der Waals surface area contributed by atoms with Gasteiger partial charge in [0.25, 0.3) is 0 Å². The molecule has 0 unspecified atom stereocenters. The molecule has 20 heavy (non-hydrogen) atoms. The molecule has 0 spiro atoms. The van der Waals surface area contributed by atoms with Gasteiger partial charge in [0.1, 0.15) is 19.0 Å². The van der Waals surface area contributed by atoms with Crippen LogP contribution in [-0.2, 0) is 6.54 Å². The SMILES string of the molecule is c1cc(-c2ccc3c(c2)OCCO3)c(CNC2CC2)o1. The molecule has 1 N–H and O–H groups in total. The molecule has 4 heteroatoms. The molecule has 1 aromatic carbocycles.